The first kappa shape index (κ1) is 20.4. The Morgan fingerprint density at radius 1 is 0.963 bits per heavy atom. The van der Waals surface area contributed by atoms with Crippen molar-refractivity contribution in [3.05, 3.63) is 48.0 Å². The van der Waals surface area contributed by atoms with Gasteiger partial charge >= 0.3 is 6.03 Å². The third kappa shape index (κ3) is 5.54. The van der Waals surface area contributed by atoms with Gasteiger partial charge in [0.25, 0.3) is 0 Å². The summed E-state index contributed by atoms with van der Waals surface area (Å²) in [7, 11) is 3.13. The Hall–Kier alpha value is -2.89. The zero-order valence-corrected chi connectivity index (χ0v) is 16.6. The predicted octanol–water partition coefficient (Wildman–Crippen LogP) is 4.20. The van der Waals surface area contributed by atoms with Crippen LogP contribution in [0, 0.1) is 0 Å². The lowest BCUT2D eigenvalue weighted by Gasteiger charge is -2.23. The van der Waals surface area contributed by atoms with Crippen LogP contribution in [0.3, 0.4) is 0 Å². The Bertz CT molecular complexity index is 769. The van der Waals surface area contributed by atoms with Gasteiger partial charge in [-0.05, 0) is 29.2 Å². The van der Waals surface area contributed by atoms with Crippen molar-refractivity contribution in [2.45, 2.75) is 26.2 Å². The molecule has 0 heterocycles. The van der Waals surface area contributed by atoms with E-state index in [1.54, 1.807) is 26.4 Å². The number of ether oxygens (including phenoxy) is 3. The summed E-state index contributed by atoms with van der Waals surface area (Å²) in [6, 6.07) is 12.9. The van der Waals surface area contributed by atoms with Crippen molar-refractivity contribution in [2.75, 3.05) is 32.7 Å². The first-order chi connectivity index (χ1) is 12.9. The number of carbonyl (C=O) groups excluding carboxylic acids is 1. The second kappa shape index (κ2) is 9.16. The summed E-state index contributed by atoms with van der Waals surface area (Å²) in [5, 5.41) is 5.71. The number of benzene rings is 2. The van der Waals surface area contributed by atoms with Crippen molar-refractivity contribution in [1.82, 2.24) is 5.32 Å². The molecule has 0 saturated carbocycles. The zero-order chi connectivity index (χ0) is 19.9. The minimum absolute atomic E-state index is 0.0596. The summed E-state index contributed by atoms with van der Waals surface area (Å²) in [5.74, 6) is 1.69. The average Bonchev–Trinajstić information content (AvgIpc) is 2.64. The lowest BCUT2D eigenvalue weighted by molar-refractivity contribution is 0.245. The van der Waals surface area contributed by atoms with Crippen LogP contribution in [-0.4, -0.2) is 33.4 Å². The van der Waals surface area contributed by atoms with E-state index in [9.17, 15) is 4.79 Å². The van der Waals surface area contributed by atoms with Crippen LogP contribution < -0.4 is 24.8 Å². The van der Waals surface area contributed by atoms with Gasteiger partial charge in [-0.1, -0.05) is 45.0 Å². The van der Waals surface area contributed by atoms with E-state index >= 15 is 0 Å². The van der Waals surface area contributed by atoms with E-state index in [0.29, 0.717) is 30.4 Å². The van der Waals surface area contributed by atoms with Crippen molar-refractivity contribution in [3.8, 4) is 17.2 Å². The van der Waals surface area contributed by atoms with Crippen LogP contribution in [0.4, 0.5) is 10.5 Å². The minimum Gasteiger partial charge on any atom is -0.493 e. The number of methoxy groups -OCH3 is 2. The van der Waals surface area contributed by atoms with Gasteiger partial charge in [-0.3, -0.25) is 0 Å². The quantitative estimate of drug-likeness (QED) is 0.715. The molecule has 2 N–H and O–H groups in total. The third-order valence-corrected chi connectivity index (χ3v) is 4.00. The maximum Gasteiger partial charge on any atom is 0.319 e. The highest BCUT2D eigenvalue weighted by molar-refractivity contribution is 5.90. The van der Waals surface area contributed by atoms with Crippen molar-refractivity contribution >= 4 is 11.7 Å². The molecule has 0 aliphatic heterocycles. The van der Waals surface area contributed by atoms with E-state index in [2.05, 4.69) is 31.4 Å². The zero-order valence-electron chi connectivity index (χ0n) is 16.6. The molecule has 0 bridgehead atoms. The van der Waals surface area contributed by atoms with Crippen molar-refractivity contribution in [3.63, 3.8) is 0 Å². The molecule has 0 aromatic heterocycles. The summed E-state index contributed by atoms with van der Waals surface area (Å²) in [4.78, 5) is 12.2. The predicted molar refractivity (Wildman–Crippen MR) is 107 cm³/mol. The van der Waals surface area contributed by atoms with Gasteiger partial charge in [0.1, 0.15) is 6.61 Å². The Morgan fingerprint density at radius 3 is 2.33 bits per heavy atom. The topological polar surface area (TPSA) is 68.8 Å². The molecule has 146 valence electrons. The van der Waals surface area contributed by atoms with Crippen LogP contribution in [-0.2, 0) is 5.41 Å². The molecule has 0 atom stereocenters. The molecule has 0 saturated heterocycles. The van der Waals surface area contributed by atoms with Gasteiger partial charge in [0, 0.05) is 5.69 Å². The highest BCUT2D eigenvalue weighted by Gasteiger charge is 2.18. The Morgan fingerprint density at radius 2 is 1.67 bits per heavy atom. The number of hydrogen-bond donors (Lipinski definition) is 2. The number of anilines is 1. The fourth-order valence-corrected chi connectivity index (χ4v) is 2.71. The van der Waals surface area contributed by atoms with Crippen molar-refractivity contribution in [1.29, 1.82) is 0 Å². The molecule has 0 radical (unpaired) electrons. The monoisotopic (exact) mass is 372 g/mol. The van der Waals surface area contributed by atoms with Gasteiger partial charge in [0.15, 0.2) is 11.5 Å². The molecule has 0 aliphatic carbocycles. The number of hydrogen-bond acceptors (Lipinski definition) is 4. The van der Waals surface area contributed by atoms with E-state index in [-0.39, 0.29) is 11.4 Å². The Labute approximate surface area is 160 Å². The second-order valence-electron chi connectivity index (χ2n) is 7.02. The molecule has 6 heteroatoms. The summed E-state index contributed by atoms with van der Waals surface area (Å²) < 4.78 is 16.3. The molecule has 0 fully saturated rings. The lowest BCUT2D eigenvalue weighted by atomic mass is 9.86. The smallest absolute Gasteiger partial charge is 0.319 e. The number of amides is 2. The van der Waals surface area contributed by atoms with E-state index < -0.39 is 0 Å². The number of para-hydroxylation sites is 2. The van der Waals surface area contributed by atoms with Crippen LogP contribution in [0.1, 0.15) is 26.3 Å². The van der Waals surface area contributed by atoms with E-state index in [0.717, 1.165) is 11.3 Å². The summed E-state index contributed by atoms with van der Waals surface area (Å²) >= 11 is 0. The minimum atomic E-state index is -0.270. The van der Waals surface area contributed by atoms with Crippen LogP contribution in [0.2, 0.25) is 0 Å². The van der Waals surface area contributed by atoms with Gasteiger partial charge in [0.2, 0.25) is 5.75 Å². The molecule has 2 rings (SSSR count). The Balaban J connectivity index is 1.88. The normalized spacial score (nSPS) is 10.9. The largest absolute Gasteiger partial charge is 0.493 e. The fraction of sp³-hybridized carbons (Fsp3) is 0.381. The standard InChI is InChI=1S/C21H28N2O4/c1-21(2,3)15-9-6-7-10-16(15)23-20(24)22-13-14-27-18-12-8-11-17(25-4)19(18)26-5/h6-12H,13-14H2,1-5H3,(H2,22,23,24). The number of nitrogens with one attached hydrogen (secondary N) is 2. The molecule has 6 nitrogen and oxygen atoms in total. The highest BCUT2D eigenvalue weighted by Crippen LogP contribution is 2.36. The van der Waals surface area contributed by atoms with E-state index in [4.69, 9.17) is 14.2 Å². The highest BCUT2D eigenvalue weighted by atomic mass is 16.5. The third-order valence-electron chi connectivity index (χ3n) is 4.00. The molecule has 27 heavy (non-hydrogen) atoms. The molecule has 2 aromatic rings. The van der Waals surface area contributed by atoms with Crippen LogP contribution >= 0.6 is 0 Å². The molecule has 2 aromatic carbocycles. The summed E-state index contributed by atoms with van der Waals surface area (Å²) in [6.07, 6.45) is 0. The average molecular weight is 372 g/mol. The van der Waals surface area contributed by atoms with Gasteiger partial charge in [-0.25, -0.2) is 4.79 Å². The number of urea groups is 1. The number of carbonyl (C=O) groups is 1. The molecule has 0 spiro atoms. The fourth-order valence-electron chi connectivity index (χ4n) is 2.71. The summed E-state index contributed by atoms with van der Waals surface area (Å²) in [6.45, 7) is 6.99. The van der Waals surface area contributed by atoms with E-state index in [1.807, 2.05) is 30.3 Å². The van der Waals surface area contributed by atoms with Crippen molar-refractivity contribution in [2.24, 2.45) is 0 Å². The van der Waals surface area contributed by atoms with Crippen molar-refractivity contribution < 1.29 is 19.0 Å². The first-order valence-electron chi connectivity index (χ1n) is 8.85. The van der Waals surface area contributed by atoms with E-state index in [1.165, 1.54) is 0 Å². The van der Waals surface area contributed by atoms with Crippen LogP contribution in [0.25, 0.3) is 0 Å². The van der Waals surface area contributed by atoms with Gasteiger partial charge in [0.05, 0.1) is 20.8 Å². The summed E-state index contributed by atoms with van der Waals surface area (Å²) in [5.41, 5.74) is 1.83. The number of rotatable bonds is 7. The molecule has 0 unspecified atom stereocenters. The lowest BCUT2D eigenvalue weighted by Crippen LogP contribution is -2.33. The van der Waals surface area contributed by atoms with Gasteiger partial charge < -0.3 is 24.8 Å². The van der Waals surface area contributed by atoms with Crippen LogP contribution in [0.5, 0.6) is 17.2 Å². The Kier molecular flexibility index (Phi) is 6.93. The molecular weight excluding hydrogens is 344 g/mol. The molecule has 0 aliphatic rings. The maximum atomic E-state index is 12.2. The van der Waals surface area contributed by atoms with Crippen LogP contribution in [0.15, 0.2) is 42.5 Å². The van der Waals surface area contributed by atoms with Gasteiger partial charge in [-0.2, -0.15) is 0 Å². The first-order valence-corrected chi connectivity index (χ1v) is 8.85. The SMILES string of the molecule is COc1cccc(OCCNC(=O)Nc2ccccc2C(C)(C)C)c1OC. The second-order valence-corrected chi connectivity index (χ2v) is 7.02. The molecular formula is C21H28N2O4. The van der Waals surface area contributed by atoms with Gasteiger partial charge in [-0.15, -0.1) is 0 Å². The molecule has 2 amide bonds. The maximum absolute atomic E-state index is 12.2.